The van der Waals surface area contributed by atoms with Crippen molar-refractivity contribution in [3.63, 3.8) is 0 Å². The third-order valence-electron chi connectivity index (χ3n) is 5.48. The van der Waals surface area contributed by atoms with E-state index in [0.717, 1.165) is 16.9 Å². The minimum Gasteiger partial charge on any atom is -0.306 e. The molecule has 0 spiro atoms. The van der Waals surface area contributed by atoms with Crippen LogP contribution in [0.5, 0.6) is 0 Å². The number of benzene rings is 3. The van der Waals surface area contributed by atoms with E-state index in [1.807, 2.05) is 104 Å². The Hall–Kier alpha value is -3.40. The van der Waals surface area contributed by atoms with Gasteiger partial charge in [-0.3, -0.25) is 9.59 Å². The van der Waals surface area contributed by atoms with Gasteiger partial charge in [-0.2, -0.15) is 0 Å². The molecule has 0 bridgehead atoms. The molecular formula is C25H24N2O2. The molecule has 4 rings (SSSR count). The molecule has 2 unspecified atom stereocenters. The number of rotatable bonds is 3. The molecule has 0 aliphatic carbocycles. The van der Waals surface area contributed by atoms with Gasteiger partial charge in [0.25, 0.3) is 5.91 Å². The van der Waals surface area contributed by atoms with Crippen molar-refractivity contribution in [3.05, 3.63) is 96.1 Å². The lowest BCUT2D eigenvalue weighted by Gasteiger charge is -2.31. The van der Waals surface area contributed by atoms with Crippen molar-refractivity contribution in [2.45, 2.75) is 19.9 Å². The smallest absolute Gasteiger partial charge is 0.258 e. The number of para-hydroxylation sites is 2. The molecule has 4 heteroatoms. The standard InChI is InChI=1S/C25H24N2O2/c1-18-17-26(25(29)21-13-7-4-8-14-21)22-15-9-10-16-23(22)27(24(18)28)19(2)20-11-5-3-6-12-20/h3-16,18-19H,17H2,1-2H3. The second kappa shape index (κ2) is 7.92. The average Bonchev–Trinajstić information content (AvgIpc) is 2.88. The number of amides is 2. The van der Waals surface area contributed by atoms with Gasteiger partial charge in [0.05, 0.1) is 23.3 Å². The Kier molecular flexibility index (Phi) is 5.17. The van der Waals surface area contributed by atoms with Crippen molar-refractivity contribution in [3.8, 4) is 0 Å². The zero-order valence-electron chi connectivity index (χ0n) is 16.7. The van der Waals surface area contributed by atoms with E-state index >= 15 is 0 Å². The summed E-state index contributed by atoms with van der Waals surface area (Å²) in [5.74, 6) is -0.384. The van der Waals surface area contributed by atoms with Crippen LogP contribution in [0, 0.1) is 5.92 Å². The second-order valence-corrected chi connectivity index (χ2v) is 7.47. The van der Waals surface area contributed by atoms with Crippen molar-refractivity contribution in [2.75, 3.05) is 16.3 Å². The third kappa shape index (κ3) is 3.54. The van der Waals surface area contributed by atoms with Crippen molar-refractivity contribution in [2.24, 2.45) is 5.92 Å². The van der Waals surface area contributed by atoms with Gasteiger partial charge in [0.2, 0.25) is 5.91 Å². The average molecular weight is 384 g/mol. The highest BCUT2D eigenvalue weighted by Crippen LogP contribution is 2.39. The molecule has 0 radical (unpaired) electrons. The quantitative estimate of drug-likeness (QED) is 0.632. The third-order valence-corrected chi connectivity index (χ3v) is 5.48. The van der Waals surface area contributed by atoms with E-state index in [1.54, 1.807) is 4.90 Å². The van der Waals surface area contributed by atoms with E-state index in [4.69, 9.17) is 0 Å². The van der Waals surface area contributed by atoms with Crippen LogP contribution in [0.15, 0.2) is 84.9 Å². The molecular weight excluding hydrogens is 360 g/mol. The Labute approximate surface area is 171 Å². The molecule has 29 heavy (non-hydrogen) atoms. The number of hydrogen-bond acceptors (Lipinski definition) is 2. The summed E-state index contributed by atoms with van der Waals surface area (Å²) in [6.07, 6.45) is 0. The van der Waals surface area contributed by atoms with Crippen LogP contribution < -0.4 is 9.80 Å². The highest BCUT2D eigenvalue weighted by molar-refractivity contribution is 6.11. The fourth-order valence-corrected chi connectivity index (χ4v) is 3.91. The van der Waals surface area contributed by atoms with Gasteiger partial charge in [-0.25, -0.2) is 0 Å². The normalized spacial score (nSPS) is 17.4. The van der Waals surface area contributed by atoms with E-state index in [0.29, 0.717) is 12.1 Å². The van der Waals surface area contributed by atoms with Gasteiger partial charge in [0, 0.05) is 12.1 Å². The fraction of sp³-hybridized carbons (Fsp3) is 0.200. The first kappa shape index (κ1) is 18.9. The van der Waals surface area contributed by atoms with Crippen LogP contribution in [-0.2, 0) is 4.79 Å². The molecule has 3 aromatic rings. The van der Waals surface area contributed by atoms with Crippen LogP contribution in [0.4, 0.5) is 11.4 Å². The van der Waals surface area contributed by atoms with Crippen LogP contribution in [-0.4, -0.2) is 18.4 Å². The Bertz CT molecular complexity index is 1020. The molecule has 0 saturated carbocycles. The maximum Gasteiger partial charge on any atom is 0.258 e. The van der Waals surface area contributed by atoms with Gasteiger partial charge in [-0.15, -0.1) is 0 Å². The summed E-state index contributed by atoms with van der Waals surface area (Å²) in [4.78, 5) is 30.3. The van der Waals surface area contributed by atoms with Crippen molar-refractivity contribution in [1.82, 2.24) is 0 Å². The molecule has 3 aromatic carbocycles. The molecule has 0 aromatic heterocycles. The molecule has 2 amide bonds. The highest BCUT2D eigenvalue weighted by atomic mass is 16.2. The lowest BCUT2D eigenvalue weighted by molar-refractivity contribution is -0.121. The molecule has 1 heterocycles. The number of anilines is 2. The van der Waals surface area contributed by atoms with E-state index in [1.165, 1.54) is 0 Å². The van der Waals surface area contributed by atoms with E-state index in [-0.39, 0.29) is 23.8 Å². The zero-order valence-corrected chi connectivity index (χ0v) is 16.7. The second-order valence-electron chi connectivity index (χ2n) is 7.47. The topological polar surface area (TPSA) is 40.6 Å². The summed E-state index contributed by atoms with van der Waals surface area (Å²) >= 11 is 0. The van der Waals surface area contributed by atoms with Crippen LogP contribution in [0.25, 0.3) is 0 Å². The molecule has 4 nitrogen and oxygen atoms in total. The Morgan fingerprint density at radius 2 is 1.41 bits per heavy atom. The summed E-state index contributed by atoms with van der Waals surface area (Å²) in [6, 6.07) is 26.8. The summed E-state index contributed by atoms with van der Waals surface area (Å²) in [7, 11) is 0. The van der Waals surface area contributed by atoms with E-state index in [9.17, 15) is 9.59 Å². The number of carbonyl (C=O) groups excluding carboxylic acids is 2. The minimum atomic E-state index is -0.318. The molecule has 2 atom stereocenters. The number of carbonyl (C=O) groups is 2. The maximum absolute atomic E-state index is 13.4. The van der Waals surface area contributed by atoms with Crippen molar-refractivity contribution >= 4 is 23.2 Å². The highest BCUT2D eigenvalue weighted by Gasteiger charge is 2.36. The Morgan fingerprint density at radius 1 is 0.862 bits per heavy atom. The van der Waals surface area contributed by atoms with E-state index in [2.05, 4.69) is 0 Å². The Morgan fingerprint density at radius 3 is 2.07 bits per heavy atom. The molecule has 0 saturated heterocycles. The SMILES string of the molecule is CC1CN(C(=O)c2ccccc2)c2ccccc2N(C(C)c2ccccc2)C1=O. The minimum absolute atomic E-state index is 0.0252. The first-order valence-electron chi connectivity index (χ1n) is 9.92. The lowest BCUT2D eigenvalue weighted by atomic mass is 10.0. The lowest BCUT2D eigenvalue weighted by Crippen LogP contribution is -2.39. The van der Waals surface area contributed by atoms with Gasteiger partial charge in [0.15, 0.2) is 0 Å². The summed E-state index contributed by atoms with van der Waals surface area (Å²) in [6.45, 7) is 4.27. The van der Waals surface area contributed by atoms with Crippen LogP contribution in [0.1, 0.15) is 35.8 Å². The molecule has 0 N–H and O–H groups in total. The number of nitrogens with zero attached hydrogens (tertiary/aromatic N) is 2. The first-order valence-corrected chi connectivity index (χ1v) is 9.92. The maximum atomic E-state index is 13.4. The predicted octanol–water partition coefficient (Wildman–Crippen LogP) is 5.08. The van der Waals surface area contributed by atoms with E-state index < -0.39 is 0 Å². The summed E-state index contributed by atoms with van der Waals surface area (Å²) in [5.41, 5.74) is 3.21. The Balaban J connectivity index is 1.81. The number of fused-ring (bicyclic) bond motifs is 1. The summed E-state index contributed by atoms with van der Waals surface area (Å²) in [5, 5.41) is 0. The van der Waals surface area contributed by atoms with Crippen LogP contribution in [0.3, 0.4) is 0 Å². The largest absolute Gasteiger partial charge is 0.306 e. The zero-order chi connectivity index (χ0) is 20.4. The number of hydrogen-bond donors (Lipinski definition) is 0. The predicted molar refractivity (Wildman–Crippen MR) is 116 cm³/mol. The monoisotopic (exact) mass is 384 g/mol. The van der Waals surface area contributed by atoms with Crippen molar-refractivity contribution in [1.29, 1.82) is 0 Å². The van der Waals surface area contributed by atoms with Crippen LogP contribution >= 0.6 is 0 Å². The summed E-state index contributed by atoms with van der Waals surface area (Å²) < 4.78 is 0. The van der Waals surface area contributed by atoms with Gasteiger partial charge >= 0.3 is 0 Å². The van der Waals surface area contributed by atoms with Crippen molar-refractivity contribution < 1.29 is 9.59 Å². The molecule has 1 aliphatic rings. The van der Waals surface area contributed by atoms with Gasteiger partial charge < -0.3 is 9.80 Å². The molecule has 0 fully saturated rings. The molecule has 1 aliphatic heterocycles. The van der Waals surface area contributed by atoms with Gasteiger partial charge in [-0.1, -0.05) is 67.6 Å². The first-order chi connectivity index (χ1) is 14.1. The van der Waals surface area contributed by atoms with Gasteiger partial charge in [-0.05, 0) is 36.8 Å². The van der Waals surface area contributed by atoms with Gasteiger partial charge in [0.1, 0.15) is 0 Å². The fourth-order valence-electron chi connectivity index (χ4n) is 3.91. The van der Waals surface area contributed by atoms with Crippen LogP contribution in [0.2, 0.25) is 0 Å². The molecule has 146 valence electrons.